The summed E-state index contributed by atoms with van der Waals surface area (Å²) in [6, 6.07) is 10.9. The highest BCUT2D eigenvalue weighted by atomic mass is 32.2. The molecule has 0 aliphatic carbocycles. The Kier molecular flexibility index (Phi) is 8.21. The molecule has 174 valence electrons. The number of benzene rings is 2. The second-order valence-electron chi connectivity index (χ2n) is 7.68. The molecule has 0 aliphatic rings. The minimum absolute atomic E-state index is 0.0298. The molecule has 1 aromatic heterocycles. The average molecular weight is 473 g/mol. The number of halogens is 2. The Morgan fingerprint density at radius 1 is 1.18 bits per heavy atom. The largest absolute Gasteiger partial charge is 0.483 e. The third kappa shape index (κ3) is 6.41. The summed E-state index contributed by atoms with van der Waals surface area (Å²) in [5.74, 6) is -0.281. The summed E-state index contributed by atoms with van der Waals surface area (Å²) < 4.78 is 34.7. The molecule has 1 atom stereocenters. The summed E-state index contributed by atoms with van der Waals surface area (Å²) in [7, 11) is 0. The van der Waals surface area contributed by atoms with Crippen LogP contribution in [0.4, 0.5) is 14.5 Å². The van der Waals surface area contributed by atoms with Crippen molar-refractivity contribution in [3.63, 3.8) is 0 Å². The van der Waals surface area contributed by atoms with E-state index >= 15 is 0 Å². The van der Waals surface area contributed by atoms with Crippen LogP contribution in [0.3, 0.4) is 0 Å². The van der Waals surface area contributed by atoms with Crippen molar-refractivity contribution in [2.24, 2.45) is 0 Å². The Balaban J connectivity index is 1.66. The molecule has 0 bridgehead atoms. The number of carbonyl (C=O) groups excluding carboxylic acids is 1. The van der Waals surface area contributed by atoms with Gasteiger partial charge in [0.2, 0.25) is 5.91 Å². The highest BCUT2D eigenvalue weighted by Crippen LogP contribution is 2.26. The molecule has 0 saturated carbocycles. The highest BCUT2D eigenvalue weighted by Gasteiger charge is 2.20. The van der Waals surface area contributed by atoms with Crippen molar-refractivity contribution in [2.45, 2.75) is 44.5 Å². The second-order valence-corrected chi connectivity index (χ2v) is 8.63. The Morgan fingerprint density at radius 3 is 2.55 bits per heavy atom. The SMILES string of the molecule is C=CCn1c(SCC(=O)Nc2ccc(F)cc2F)nnc1C(C)Oc1ccc(C(C)C)cc1. The highest BCUT2D eigenvalue weighted by molar-refractivity contribution is 7.99. The number of amides is 1. The predicted octanol–water partition coefficient (Wildman–Crippen LogP) is 5.74. The van der Waals surface area contributed by atoms with E-state index in [9.17, 15) is 13.6 Å². The lowest BCUT2D eigenvalue weighted by Gasteiger charge is -2.16. The molecule has 0 radical (unpaired) electrons. The van der Waals surface area contributed by atoms with E-state index in [0.29, 0.717) is 29.5 Å². The van der Waals surface area contributed by atoms with Crippen molar-refractivity contribution >= 4 is 23.4 Å². The number of nitrogens with one attached hydrogen (secondary N) is 1. The first-order chi connectivity index (χ1) is 15.8. The Morgan fingerprint density at radius 2 is 1.91 bits per heavy atom. The first-order valence-corrected chi connectivity index (χ1v) is 11.4. The minimum Gasteiger partial charge on any atom is -0.483 e. The van der Waals surface area contributed by atoms with Crippen LogP contribution >= 0.6 is 11.8 Å². The van der Waals surface area contributed by atoms with E-state index in [1.54, 1.807) is 6.08 Å². The number of thioether (sulfide) groups is 1. The van der Waals surface area contributed by atoms with Gasteiger partial charge in [0.25, 0.3) is 0 Å². The summed E-state index contributed by atoms with van der Waals surface area (Å²) >= 11 is 1.15. The third-order valence-electron chi connectivity index (χ3n) is 4.82. The first kappa shape index (κ1) is 24.4. The number of allylic oxidation sites excluding steroid dienone is 1. The zero-order valence-electron chi connectivity index (χ0n) is 18.7. The van der Waals surface area contributed by atoms with Gasteiger partial charge < -0.3 is 10.1 Å². The molecule has 0 saturated heterocycles. The maximum Gasteiger partial charge on any atom is 0.234 e. The molecule has 0 fully saturated rings. The molecular weight excluding hydrogens is 446 g/mol. The number of nitrogens with zero attached hydrogens (tertiary/aromatic N) is 3. The zero-order valence-corrected chi connectivity index (χ0v) is 19.5. The minimum atomic E-state index is -0.835. The van der Waals surface area contributed by atoms with Crippen LogP contribution in [-0.2, 0) is 11.3 Å². The van der Waals surface area contributed by atoms with Crippen LogP contribution in [0.5, 0.6) is 5.75 Å². The van der Waals surface area contributed by atoms with Gasteiger partial charge in [0.1, 0.15) is 17.4 Å². The van der Waals surface area contributed by atoms with E-state index in [-0.39, 0.29) is 17.5 Å². The lowest BCUT2D eigenvalue weighted by atomic mass is 10.0. The van der Waals surface area contributed by atoms with Gasteiger partial charge in [-0.15, -0.1) is 16.8 Å². The molecule has 1 unspecified atom stereocenters. The van der Waals surface area contributed by atoms with Gasteiger partial charge in [0.05, 0.1) is 11.4 Å². The fourth-order valence-corrected chi connectivity index (χ4v) is 3.86. The van der Waals surface area contributed by atoms with Crippen LogP contribution in [0.15, 0.2) is 60.3 Å². The number of hydrogen-bond donors (Lipinski definition) is 1. The fourth-order valence-electron chi connectivity index (χ4n) is 3.10. The third-order valence-corrected chi connectivity index (χ3v) is 5.78. The van der Waals surface area contributed by atoms with Crippen LogP contribution in [0, 0.1) is 11.6 Å². The van der Waals surface area contributed by atoms with Gasteiger partial charge in [-0.2, -0.15) is 0 Å². The topological polar surface area (TPSA) is 69.0 Å². The fraction of sp³-hybridized carbons (Fsp3) is 0.292. The number of rotatable bonds is 10. The molecule has 6 nitrogen and oxygen atoms in total. The average Bonchev–Trinajstić information content (AvgIpc) is 3.17. The summed E-state index contributed by atoms with van der Waals surface area (Å²) in [6.45, 7) is 10.3. The molecule has 9 heteroatoms. The molecular formula is C24H26F2N4O2S. The van der Waals surface area contributed by atoms with Crippen LogP contribution in [0.25, 0.3) is 0 Å². The van der Waals surface area contributed by atoms with Crippen LogP contribution < -0.4 is 10.1 Å². The molecule has 3 rings (SSSR count). The maximum atomic E-state index is 13.8. The summed E-state index contributed by atoms with van der Waals surface area (Å²) in [4.78, 5) is 12.3. The number of aromatic nitrogens is 3. The van der Waals surface area contributed by atoms with Crippen LogP contribution in [0.2, 0.25) is 0 Å². The molecule has 1 amide bonds. The smallest absolute Gasteiger partial charge is 0.234 e. The van der Waals surface area contributed by atoms with Crippen molar-refractivity contribution in [1.29, 1.82) is 0 Å². The normalized spacial score (nSPS) is 11.9. The van der Waals surface area contributed by atoms with Crippen molar-refractivity contribution < 1.29 is 18.3 Å². The first-order valence-electron chi connectivity index (χ1n) is 10.5. The van der Waals surface area contributed by atoms with Gasteiger partial charge in [0.15, 0.2) is 17.1 Å². The van der Waals surface area contributed by atoms with Crippen molar-refractivity contribution in [1.82, 2.24) is 14.8 Å². The summed E-state index contributed by atoms with van der Waals surface area (Å²) in [5.41, 5.74) is 1.14. The lowest BCUT2D eigenvalue weighted by Crippen LogP contribution is -2.16. The summed E-state index contributed by atoms with van der Waals surface area (Å²) in [6.07, 6.45) is 1.31. The molecule has 0 aliphatic heterocycles. The van der Waals surface area contributed by atoms with Crippen molar-refractivity contribution in [3.05, 3.63) is 78.1 Å². The quantitative estimate of drug-likeness (QED) is 0.301. The Labute approximate surface area is 196 Å². The van der Waals surface area contributed by atoms with Crippen LogP contribution in [-0.4, -0.2) is 26.4 Å². The van der Waals surface area contributed by atoms with E-state index < -0.39 is 17.5 Å². The maximum absolute atomic E-state index is 13.8. The van der Waals surface area contributed by atoms with E-state index in [4.69, 9.17) is 4.74 Å². The Bertz CT molecular complexity index is 1120. The van der Waals surface area contributed by atoms with Gasteiger partial charge in [-0.25, -0.2) is 8.78 Å². The molecule has 0 spiro atoms. The molecule has 2 aromatic carbocycles. The number of hydrogen-bond acceptors (Lipinski definition) is 5. The van der Waals surface area contributed by atoms with Crippen molar-refractivity contribution in [2.75, 3.05) is 11.1 Å². The number of carbonyl (C=O) groups is 1. The standard InChI is InChI=1S/C24H26F2N4O2S/c1-5-12-30-23(16(4)32-19-9-6-17(7-10-19)15(2)3)28-29-24(30)33-14-22(31)27-21-11-8-18(25)13-20(21)26/h5-11,13,15-16H,1,12,14H2,2-4H3,(H,27,31). The number of ether oxygens (including phenoxy) is 1. The monoisotopic (exact) mass is 472 g/mol. The van der Waals surface area contributed by atoms with Gasteiger partial charge in [-0.05, 0) is 42.7 Å². The van der Waals surface area contributed by atoms with E-state index in [1.807, 2.05) is 35.8 Å². The van der Waals surface area contributed by atoms with Crippen LogP contribution in [0.1, 0.15) is 44.2 Å². The molecule has 1 heterocycles. The van der Waals surface area contributed by atoms with Gasteiger partial charge in [0, 0.05) is 12.6 Å². The second kappa shape index (κ2) is 11.1. The lowest BCUT2D eigenvalue weighted by molar-refractivity contribution is -0.113. The zero-order chi connectivity index (χ0) is 24.0. The molecule has 33 heavy (non-hydrogen) atoms. The van der Waals surface area contributed by atoms with E-state index in [0.717, 1.165) is 23.6 Å². The number of anilines is 1. The predicted molar refractivity (Wildman–Crippen MR) is 126 cm³/mol. The van der Waals surface area contributed by atoms with Gasteiger partial charge in [-0.3, -0.25) is 9.36 Å². The van der Waals surface area contributed by atoms with E-state index in [1.165, 1.54) is 11.6 Å². The molecule has 3 aromatic rings. The van der Waals surface area contributed by atoms with Gasteiger partial charge in [-0.1, -0.05) is 43.8 Å². The van der Waals surface area contributed by atoms with E-state index in [2.05, 4.69) is 35.9 Å². The Hall–Kier alpha value is -3.20. The summed E-state index contributed by atoms with van der Waals surface area (Å²) in [5, 5.41) is 11.4. The molecule has 1 N–H and O–H groups in total. The van der Waals surface area contributed by atoms with Gasteiger partial charge >= 0.3 is 0 Å². The van der Waals surface area contributed by atoms with Crippen molar-refractivity contribution in [3.8, 4) is 5.75 Å².